The Kier molecular flexibility index (Phi) is 4.05. The van der Waals surface area contributed by atoms with Gasteiger partial charge in [-0.05, 0) is 61.7 Å². The third-order valence-electron chi connectivity index (χ3n) is 3.21. The number of anilines is 1. The Morgan fingerprint density at radius 2 is 1.63 bits per heavy atom. The normalized spacial score (nSPS) is 10.3. The predicted octanol–water partition coefficient (Wildman–Crippen LogP) is 4.63. The molecule has 3 heteroatoms. The Labute approximate surface area is 122 Å². The molecule has 2 nitrogen and oxygen atoms in total. The summed E-state index contributed by atoms with van der Waals surface area (Å²) in [5, 5.41) is 2.93. The molecule has 0 heterocycles. The van der Waals surface area contributed by atoms with Gasteiger partial charge in [-0.3, -0.25) is 4.79 Å². The van der Waals surface area contributed by atoms with Crippen molar-refractivity contribution in [2.75, 3.05) is 5.32 Å². The number of rotatable bonds is 2. The van der Waals surface area contributed by atoms with Crippen LogP contribution in [-0.2, 0) is 0 Å². The molecule has 0 spiro atoms. The molecule has 0 radical (unpaired) electrons. The maximum Gasteiger partial charge on any atom is 0.255 e. The molecule has 0 fully saturated rings. The number of benzene rings is 2. The van der Waals surface area contributed by atoms with Crippen LogP contribution in [0.4, 0.5) is 5.69 Å². The zero-order valence-electron chi connectivity index (χ0n) is 11.3. The minimum atomic E-state index is -0.0814. The standard InChI is InChI=1S/C16H16BrNO/c1-10-5-7-14(8-12(10)3)18-16(19)15-9-13(17)6-4-11(15)2/h4-9H,1-3H3,(H,18,19). The molecule has 2 rings (SSSR count). The summed E-state index contributed by atoms with van der Waals surface area (Å²) in [6, 6.07) is 11.6. The lowest BCUT2D eigenvalue weighted by molar-refractivity contribution is 0.102. The zero-order chi connectivity index (χ0) is 14.0. The van der Waals surface area contributed by atoms with Crippen LogP contribution < -0.4 is 5.32 Å². The zero-order valence-corrected chi connectivity index (χ0v) is 12.8. The average Bonchev–Trinajstić information content (AvgIpc) is 2.36. The second-order valence-corrected chi connectivity index (χ2v) is 5.63. The van der Waals surface area contributed by atoms with E-state index in [-0.39, 0.29) is 5.91 Å². The molecule has 0 saturated heterocycles. The second-order valence-electron chi connectivity index (χ2n) is 4.71. The molecule has 98 valence electrons. The number of hydrogen-bond donors (Lipinski definition) is 1. The number of carbonyl (C=O) groups excluding carboxylic acids is 1. The molecular weight excluding hydrogens is 302 g/mol. The van der Waals surface area contributed by atoms with E-state index in [0.717, 1.165) is 15.7 Å². The highest BCUT2D eigenvalue weighted by Crippen LogP contribution is 2.19. The van der Waals surface area contributed by atoms with E-state index in [1.165, 1.54) is 11.1 Å². The van der Waals surface area contributed by atoms with E-state index in [1.54, 1.807) is 0 Å². The molecule has 0 aliphatic heterocycles. The van der Waals surface area contributed by atoms with Crippen molar-refractivity contribution in [3.63, 3.8) is 0 Å². The summed E-state index contributed by atoms with van der Waals surface area (Å²) >= 11 is 3.39. The molecule has 1 N–H and O–H groups in total. The fraction of sp³-hybridized carbons (Fsp3) is 0.188. The second kappa shape index (κ2) is 5.57. The van der Waals surface area contributed by atoms with Gasteiger partial charge in [0, 0.05) is 15.7 Å². The van der Waals surface area contributed by atoms with Crippen molar-refractivity contribution in [1.29, 1.82) is 0 Å². The molecule has 0 bridgehead atoms. The summed E-state index contributed by atoms with van der Waals surface area (Å²) in [4.78, 5) is 12.3. The van der Waals surface area contributed by atoms with Gasteiger partial charge in [0.15, 0.2) is 0 Å². The van der Waals surface area contributed by atoms with Gasteiger partial charge in [0.1, 0.15) is 0 Å². The molecule has 19 heavy (non-hydrogen) atoms. The molecule has 0 saturated carbocycles. The van der Waals surface area contributed by atoms with Gasteiger partial charge in [0.2, 0.25) is 0 Å². The number of nitrogens with one attached hydrogen (secondary N) is 1. The van der Waals surface area contributed by atoms with Crippen LogP contribution in [-0.4, -0.2) is 5.91 Å². The van der Waals surface area contributed by atoms with Gasteiger partial charge in [0.05, 0.1) is 0 Å². The molecule has 0 unspecified atom stereocenters. The Bertz CT molecular complexity index is 635. The minimum Gasteiger partial charge on any atom is -0.322 e. The van der Waals surface area contributed by atoms with Gasteiger partial charge in [0.25, 0.3) is 5.91 Å². The lowest BCUT2D eigenvalue weighted by Crippen LogP contribution is -2.13. The minimum absolute atomic E-state index is 0.0814. The number of carbonyl (C=O) groups is 1. The quantitative estimate of drug-likeness (QED) is 0.859. The van der Waals surface area contributed by atoms with Gasteiger partial charge >= 0.3 is 0 Å². The monoisotopic (exact) mass is 317 g/mol. The summed E-state index contributed by atoms with van der Waals surface area (Å²) in [5.41, 5.74) is 4.87. The van der Waals surface area contributed by atoms with Gasteiger partial charge < -0.3 is 5.32 Å². The molecule has 0 aliphatic carbocycles. The molecule has 0 aromatic heterocycles. The van der Waals surface area contributed by atoms with E-state index in [1.807, 2.05) is 50.2 Å². The topological polar surface area (TPSA) is 29.1 Å². The van der Waals surface area contributed by atoms with Crippen LogP contribution in [0.25, 0.3) is 0 Å². The molecule has 1 amide bonds. The van der Waals surface area contributed by atoms with Crippen LogP contribution >= 0.6 is 15.9 Å². The first-order valence-corrected chi connectivity index (χ1v) is 6.91. The maximum absolute atomic E-state index is 12.3. The summed E-state index contributed by atoms with van der Waals surface area (Å²) in [7, 11) is 0. The predicted molar refractivity (Wildman–Crippen MR) is 82.7 cm³/mol. The average molecular weight is 318 g/mol. The fourth-order valence-corrected chi connectivity index (χ4v) is 2.22. The third kappa shape index (κ3) is 3.24. The molecular formula is C16H16BrNO. The van der Waals surface area contributed by atoms with Crippen molar-refractivity contribution in [2.24, 2.45) is 0 Å². The highest BCUT2D eigenvalue weighted by atomic mass is 79.9. The smallest absolute Gasteiger partial charge is 0.255 e. The van der Waals surface area contributed by atoms with E-state index >= 15 is 0 Å². The molecule has 2 aromatic rings. The van der Waals surface area contributed by atoms with Crippen LogP contribution in [0.3, 0.4) is 0 Å². The first kappa shape index (κ1) is 13.8. The summed E-state index contributed by atoms with van der Waals surface area (Å²) in [5.74, 6) is -0.0814. The van der Waals surface area contributed by atoms with Crippen LogP contribution in [0, 0.1) is 20.8 Å². The summed E-state index contributed by atoms with van der Waals surface area (Å²) in [6.07, 6.45) is 0. The Morgan fingerprint density at radius 3 is 2.32 bits per heavy atom. The molecule has 0 atom stereocenters. The van der Waals surface area contributed by atoms with Crippen LogP contribution in [0.15, 0.2) is 40.9 Å². The Hall–Kier alpha value is -1.61. The van der Waals surface area contributed by atoms with Crippen molar-refractivity contribution in [1.82, 2.24) is 0 Å². The SMILES string of the molecule is Cc1ccc(NC(=O)c2cc(Br)ccc2C)cc1C. The van der Waals surface area contributed by atoms with Crippen molar-refractivity contribution >= 4 is 27.5 Å². The number of hydrogen-bond acceptors (Lipinski definition) is 1. The van der Waals surface area contributed by atoms with E-state index < -0.39 is 0 Å². The lowest BCUT2D eigenvalue weighted by Gasteiger charge is -2.09. The van der Waals surface area contributed by atoms with E-state index in [9.17, 15) is 4.79 Å². The first-order valence-electron chi connectivity index (χ1n) is 6.12. The summed E-state index contributed by atoms with van der Waals surface area (Å²) < 4.78 is 0.906. The van der Waals surface area contributed by atoms with Crippen LogP contribution in [0.5, 0.6) is 0 Å². The number of aryl methyl sites for hydroxylation is 3. The van der Waals surface area contributed by atoms with Crippen molar-refractivity contribution in [2.45, 2.75) is 20.8 Å². The Morgan fingerprint density at radius 1 is 0.947 bits per heavy atom. The van der Waals surface area contributed by atoms with Crippen molar-refractivity contribution in [3.05, 3.63) is 63.1 Å². The third-order valence-corrected chi connectivity index (χ3v) is 3.70. The van der Waals surface area contributed by atoms with Crippen LogP contribution in [0.1, 0.15) is 27.0 Å². The lowest BCUT2D eigenvalue weighted by atomic mass is 10.1. The first-order chi connectivity index (χ1) is 8.97. The molecule has 0 aliphatic rings. The van der Waals surface area contributed by atoms with E-state index in [0.29, 0.717) is 5.56 Å². The van der Waals surface area contributed by atoms with Crippen molar-refractivity contribution in [3.8, 4) is 0 Å². The van der Waals surface area contributed by atoms with Gasteiger partial charge in [-0.25, -0.2) is 0 Å². The highest BCUT2D eigenvalue weighted by molar-refractivity contribution is 9.10. The highest BCUT2D eigenvalue weighted by Gasteiger charge is 2.10. The van der Waals surface area contributed by atoms with Crippen LogP contribution in [0.2, 0.25) is 0 Å². The van der Waals surface area contributed by atoms with Gasteiger partial charge in [-0.2, -0.15) is 0 Å². The number of halogens is 1. The maximum atomic E-state index is 12.3. The van der Waals surface area contributed by atoms with Gasteiger partial charge in [-0.15, -0.1) is 0 Å². The largest absolute Gasteiger partial charge is 0.322 e. The van der Waals surface area contributed by atoms with Gasteiger partial charge in [-0.1, -0.05) is 28.1 Å². The number of amides is 1. The van der Waals surface area contributed by atoms with E-state index in [4.69, 9.17) is 0 Å². The fourth-order valence-electron chi connectivity index (χ4n) is 1.86. The van der Waals surface area contributed by atoms with E-state index in [2.05, 4.69) is 28.2 Å². The summed E-state index contributed by atoms with van der Waals surface area (Å²) in [6.45, 7) is 6.02. The molecule has 2 aromatic carbocycles. The Balaban J connectivity index is 2.25. The van der Waals surface area contributed by atoms with Crippen molar-refractivity contribution < 1.29 is 4.79 Å².